The zero-order valence-corrected chi connectivity index (χ0v) is 26.2. The Morgan fingerprint density at radius 1 is 1.12 bits per heavy atom. The van der Waals surface area contributed by atoms with Crippen molar-refractivity contribution in [1.82, 2.24) is 15.1 Å². The molecule has 0 unspecified atom stereocenters. The number of aliphatic imine (C=N–C) groups is 1. The lowest BCUT2D eigenvalue weighted by molar-refractivity contribution is -0.108. The van der Waals surface area contributed by atoms with Gasteiger partial charge in [-0.15, -0.1) is 0 Å². The maximum atomic E-state index is 13.4. The Labute approximate surface area is 254 Å². The number of nitrogens with one attached hydrogen (secondary N) is 2. The molecule has 3 saturated carbocycles. The van der Waals surface area contributed by atoms with Gasteiger partial charge in [-0.3, -0.25) is 4.79 Å². The van der Waals surface area contributed by atoms with Crippen molar-refractivity contribution in [2.24, 2.45) is 28.2 Å². The fraction of sp³-hybridized carbons (Fsp3) is 0.576. The average molecular weight is 597 g/mol. The Kier molecular flexibility index (Phi) is 8.03. The lowest BCUT2D eigenvalue weighted by atomic mass is 9.45. The lowest BCUT2D eigenvalue weighted by Gasteiger charge is -2.61. The van der Waals surface area contributed by atoms with E-state index in [2.05, 4.69) is 49.3 Å². The summed E-state index contributed by atoms with van der Waals surface area (Å²) < 4.78 is 0. The van der Waals surface area contributed by atoms with Crippen LogP contribution in [0.2, 0.25) is 10.0 Å². The first-order valence-electron chi connectivity index (χ1n) is 15.3. The van der Waals surface area contributed by atoms with E-state index in [0.29, 0.717) is 53.0 Å². The van der Waals surface area contributed by atoms with E-state index in [4.69, 9.17) is 28.2 Å². The Morgan fingerprint density at radius 2 is 1.95 bits per heavy atom. The highest BCUT2D eigenvalue weighted by atomic mass is 35.5. The van der Waals surface area contributed by atoms with E-state index in [0.717, 1.165) is 66.2 Å². The maximum Gasteiger partial charge on any atom is 0.254 e. The second kappa shape index (κ2) is 11.4. The van der Waals surface area contributed by atoms with Crippen LogP contribution in [0, 0.1) is 23.2 Å². The number of guanidine groups is 1. The predicted molar refractivity (Wildman–Crippen MR) is 169 cm³/mol. The molecule has 5 aliphatic rings. The first-order chi connectivity index (χ1) is 19.6. The van der Waals surface area contributed by atoms with E-state index in [1.54, 1.807) is 6.07 Å². The number of carbonyl (C=O) groups is 1. The van der Waals surface area contributed by atoms with E-state index in [9.17, 15) is 4.79 Å². The van der Waals surface area contributed by atoms with Crippen LogP contribution in [0.15, 0.2) is 41.4 Å². The van der Waals surface area contributed by atoms with Crippen LogP contribution in [0.25, 0.3) is 0 Å². The number of piperazine rings is 1. The van der Waals surface area contributed by atoms with Crippen molar-refractivity contribution in [3.63, 3.8) is 0 Å². The van der Waals surface area contributed by atoms with Crippen LogP contribution in [0.1, 0.15) is 62.0 Å². The monoisotopic (exact) mass is 595 g/mol. The second-order valence-corrected chi connectivity index (χ2v) is 14.1. The summed E-state index contributed by atoms with van der Waals surface area (Å²) in [7, 11) is 0. The molecule has 2 aromatic rings. The van der Waals surface area contributed by atoms with Gasteiger partial charge in [-0.1, -0.05) is 50.0 Å². The molecule has 220 valence electrons. The van der Waals surface area contributed by atoms with Gasteiger partial charge in [0.25, 0.3) is 5.91 Å². The van der Waals surface area contributed by atoms with Gasteiger partial charge in [-0.05, 0) is 97.2 Å². The largest absolute Gasteiger partial charge is 0.340 e. The number of halogens is 2. The van der Waals surface area contributed by atoms with Crippen LogP contribution in [0.4, 0.5) is 5.69 Å². The smallest absolute Gasteiger partial charge is 0.254 e. The van der Waals surface area contributed by atoms with Crippen molar-refractivity contribution in [1.29, 1.82) is 0 Å². The minimum absolute atomic E-state index is 0.0885. The topological polar surface area (TPSA) is 60.0 Å². The summed E-state index contributed by atoms with van der Waals surface area (Å²) in [6, 6.07) is 12.5. The highest BCUT2D eigenvalue weighted by Gasteiger charge is 2.56. The molecule has 0 spiro atoms. The van der Waals surface area contributed by atoms with Gasteiger partial charge < -0.3 is 20.4 Å². The molecule has 0 radical (unpaired) electrons. The molecular formula is C33H43Cl2N5O. The highest BCUT2D eigenvalue weighted by Crippen LogP contribution is 2.61. The number of hydrogen-bond donors (Lipinski definition) is 2. The number of carbonyl (C=O) groups excluding carboxylic acids is 1. The van der Waals surface area contributed by atoms with Gasteiger partial charge in [0, 0.05) is 60.1 Å². The molecule has 7 rings (SSSR count). The van der Waals surface area contributed by atoms with Crippen molar-refractivity contribution < 1.29 is 4.79 Å². The molecule has 0 aromatic heterocycles. The van der Waals surface area contributed by atoms with Crippen molar-refractivity contribution in [3.05, 3.63) is 63.1 Å². The number of fused-ring (bicyclic) bond motifs is 3. The molecule has 1 amide bonds. The molecule has 6 nitrogen and oxygen atoms in total. The predicted octanol–water partition coefficient (Wildman–Crippen LogP) is 6.37. The number of benzene rings is 2. The first kappa shape index (κ1) is 28.8. The summed E-state index contributed by atoms with van der Waals surface area (Å²) in [6.07, 6.45) is 4.07. The zero-order valence-electron chi connectivity index (χ0n) is 24.7. The first-order valence-corrected chi connectivity index (χ1v) is 16.0. The fourth-order valence-electron chi connectivity index (χ4n) is 7.70. The van der Waals surface area contributed by atoms with Gasteiger partial charge in [0.2, 0.25) is 0 Å². The van der Waals surface area contributed by atoms with Crippen molar-refractivity contribution in [3.8, 4) is 0 Å². The molecule has 2 heterocycles. The molecule has 41 heavy (non-hydrogen) atoms. The highest BCUT2D eigenvalue weighted by molar-refractivity contribution is 6.35. The molecule has 2 aromatic carbocycles. The van der Waals surface area contributed by atoms with Gasteiger partial charge in [0.05, 0.1) is 6.04 Å². The molecule has 2 aliphatic heterocycles. The lowest BCUT2D eigenvalue weighted by Crippen LogP contribution is -2.57. The van der Waals surface area contributed by atoms with E-state index in [1.807, 2.05) is 29.2 Å². The van der Waals surface area contributed by atoms with Gasteiger partial charge in [0.1, 0.15) is 0 Å². The van der Waals surface area contributed by atoms with Crippen LogP contribution in [0.5, 0.6) is 0 Å². The maximum absolute atomic E-state index is 13.4. The summed E-state index contributed by atoms with van der Waals surface area (Å²) in [5.41, 5.74) is 4.36. The van der Waals surface area contributed by atoms with Crippen LogP contribution in [-0.2, 0) is 12.8 Å². The van der Waals surface area contributed by atoms with Crippen LogP contribution < -0.4 is 10.6 Å². The summed E-state index contributed by atoms with van der Waals surface area (Å²) in [4.78, 5) is 23.2. The van der Waals surface area contributed by atoms with Gasteiger partial charge in [-0.2, -0.15) is 0 Å². The molecule has 5 atom stereocenters. The minimum atomic E-state index is 0.0885. The zero-order chi connectivity index (χ0) is 28.9. The molecule has 2 N–H and O–H groups in total. The van der Waals surface area contributed by atoms with Crippen LogP contribution in [-0.4, -0.2) is 66.5 Å². The number of hydrogen-bond acceptors (Lipinski definition) is 3. The normalized spacial score (nSPS) is 29.2. The van der Waals surface area contributed by atoms with Crippen LogP contribution >= 0.6 is 23.2 Å². The summed E-state index contributed by atoms with van der Waals surface area (Å²) in [5.74, 6) is 3.19. The molecule has 1 saturated heterocycles. The fourth-order valence-corrected chi connectivity index (χ4v) is 8.21. The molecule has 4 fully saturated rings. The minimum Gasteiger partial charge on any atom is -0.340 e. The number of anilines is 1. The van der Waals surface area contributed by atoms with Gasteiger partial charge in [0.15, 0.2) is 5.96 Å². The summed E-state index contributed by atoms with van der Waals surface area (Å²) >= 11 is 12.4. The van der Waals surface area contributed by atoms with Crippen molar-refractivity contribution in [2.45, 2.75) is 65.5 Å². The Morgan fingerprint density at radius 3 is 2.68 bits per heavy atom. The summed E-state index contributed by atoms with van der Waals surface area (Å²) in [5, 5.41) is 8.56. The molecular weight excluding hydrogens is 553 g/mol. The SMILES string of the molecule is C[C@H]1[C@@H](N=C(Nc2ccc3c(c2)CCN(CCc2ccc(Cl)cc2Cl)C3=O)N2CCN[C@@H](C)C2)C[C@@H]2C[C@@H]1C2(C)C. The molecule has 2 bridgehead atoms. The van der Waals surface area contributed by atoms with E-state index in [-0.39, 0.29) is 5.91 Å². The number of rotatable bonds is 5. The van der Waals surface area contributed by atoms with Gasteiger partial charge >= 0.3 is 0 Å². The van der Waals surface area contributed by atoms with Crippen molar-refractivity contribution >= 4 is 40.8 Å². The number of nitrogens with zero attached hydrogens (tertiary/aromatic N) is 3. The number of amides is 1. The Balaban J connectivity index is 1.18. The van der Waals surface area contributed by atoms with Crippen molar-refractivity contribution in [2.75, 3.05) is 38.0 Å². The molecule has 3 aliphatic carbocycles. The van der Waals surface area contributed by atoms with E-state index >= 15 is 0 Å². The third-order valence-corrected chi connectivity index (χ3v) is 11.1. The third-order valence-electron chi connectivity index (χ3n) is 10.5. The Bertz CT molecular complexity index is 1340. The molecule has 8 heteroatoms. The Hall–Kier alpha value is -2.28. The third kappa shape index (κ3) is 5.72. The van der Waals surface area contributed by atoms with E-state index in [1.165, 1.54) is 12.8 Å². The summed E-state index contributed by atoms with van der Waals surface area (Å²) in [6.45, 7) is 13.7. The van der Waals surface area contributed by atoms with E-state index < -0.39 is 0 Å². The standard InChI is InChI=1S/C33H43Cl2N5O/c1-20-19-40(14-11-36-20)32(38-30-17-24-16-28(21(30)2)33(24,3)4)37-26-7-8-27-23(15-26)10-13-39(31(27)41)12-9-22-5-6-25(34)18-29(22)35/h5-8,15,18,20-21,24,28,30,36H,9-14,16-17,19H2,1-4H3,(H,37,38)/t20-,21+,24-,28-,30-/m0/s1. The second-order valence-electron chi connectivity index (χ2n) is 13.3. The average Bonchev–Trinajstić information content (AvgIpc) is 2.94. The van der Waals surface area contributed by atoms with Crippen LogP contribution in [0.3, 0.4) is 0 Å². The van der Waals surface area contributed by atoms with Gasteiger partial charge in [-0.25, -0.2) is 4.99 Å². The quantitative estimate of drug-likeness (QED) is 0.311.